The van der Waals surface area contributed by atoms with Crippen molar-refractivity contribution in [3.63, 3.8) is 0 Å². The zero-order valence-corrected chi connectivity index (χ0v) is 10.7. The maximum Gasteiger partial charge on any atom is 0.338 e. The van der Waals surface area contributed by atoms with Crippen molar-refractivity contribution in [2.24, 2.45) is 4.99 Å². The van der Waals surface area contributed by atoms with E-state index < -0.39 is 16.1 Å². The van der Waals surface area contributed by atoms with Gasteiger partial charge >= 0.3 is 6.03 Å². The standard InChI is InChI=1S/C11H12N4O3S/c16-11(15-8-4-7-12-9-15)13-14-19(17,18)10-5-2-1-3-6-10/h1-7,9,14H,8H2,(H,13,16). The van der Waals surface area contributed by atoms with Crippen LogP contribution < -0.4 is 10.3 Å². The molecule has 2 N–H and O–H groups in total. The van der Waals surface area contributed by atoms with Gasteiger partial charge in [0.15, 0.2) is 0 Å². The van der Waals surface area contributed by atoms with Crippen LogP contribution in [-0.2, 0) is 10.0 Å². The van der Waals surface area contributed by atoms with Gasteiger partial charge in [0.1, 0.15) is 0 Å². The van der Waals surface area contributed by atoms with Crippen molar-refractivity contribution in [1.82, 2.24) is 15.2 Å². The number of urea groups is 1. The monoisotopic (exact) mass is 280 g/mol. The van der Waals surface area contributed by atoms with Crippen LogP contribution in [0.2, 0.25) is 0 Å². The summed E-state index contributed by atoms with van der Waals surface area (Å²) in [5, 5.41) is 0. The first kappa shape index (κ1) is 13.2. The highest BCUT2D eigenvalue weighted by molar-refractivity contribution is 7.89. The summed E-state index contributed by atoms with van der Waals surface area (Å²) in [7, 11) is -3.77. The molecule has 0 aliphatic carbocycles. The molecule has 0 unspecified atom stereocenters. The van der Waals surface area contributed by atoms with E-state index in [0.29, 0.717) is 6.54 Å². The van der Waals surface area contributed by atoms with Gasteiger partial charge in [0.2, 0.25) is 0 Å². The molecule has 1 aliphatic heterocycles. The van der Waals surface area contributed by atoms with Crippen LogP contribution >= 0.6 is 0 Å². The Morgan fingerprint density at radius 2 is 2.00 bits per heavy atom. The molecule has 0 spiro atoms. The van der Waals surface area contributed by atoms with Crippen molar-refractivity contribution in [1.29, 1.82) is 0 Å². The number of aliphatic imine (C=N–C) groups is 1. The van der Waals surface area contributed by atoms with Gasteiger partial charge in [-0.05, 0) is 18.2 Å². The van der Waals surface area contributed by atoms with Crippen LogP contribution in [0.25, 0.3) is 0 Å². The summed E-state index contributed by atoms with van der Waals surface area (Å²) < 4.78 is 23.7. The largest absolute Gasteiger partial charge is 0.338 e. The molecule has 0 radical (unpaired) electrons. The highest BCUT2D eigenvalue weighted by Crippen LogP contribution is 2.05. The molecule has 0 saturated carbocycles. The van der Waals surface area contributed by atoms with Gasteiger partial charge in [-0.1, -0.05) is 18.2 Å². The van der Waals surface area contributed by atoms with E-state index in [2.05, 4.69) is 10.4 Å². The fourth-order valence-corrected chi connectivity index (χ4v) is 2.22. The van der Waals surface area contributed by atoms with E-state index in [0.717, 1.165) is 0 Å². The zero-order valence-electron chi connectivity index (χ0n) is 9.85. The van der Waals surface area contributed by atoms with Crippen LogP contribution in [0, 0.1) is 0 Å². The molecule has 0 fully saturated rings. The second-order valence-corrected chi connectivity index (χ2v) is 5.33. The van der Waals surface area contributed by atoms with Crippen LogP contribution in [0.4, 0.5) is 4.79 Å². The van der Waals surface area contributed by atoms with Crippen molar-refractivity contribution < 1.29 is 13.2 Å². The van der Waals surface area contributed by atoms with E-state index in [4.69, 9.17) is 0 Å². The van der Waals surface area contributed by atoms with Gasteiger partial charge in [-0.15, -0.1) is 4.83 Å². The summed E-state index contributed by atoms with van der Waals surface area (Å²) in [6, 6.07) is 7.15. The van der Waals surface area contributed by atoms with Gasteiger partial charge in [-0.3, -0.25) is 10.3 Å². The lowest BCUT2D eigenvalue weighted by Gasteiger charge is -2.18. The number of nitrogens with zero attached hydrogens (tertiary/aromatic N) is 2. The third kappa shape index (κ3) is 3.39. The van der Waals surface area contributed by atoms with Crippen LogP contribution in [0.5, 0.6) is 0 Å². The van der Waals surface area contributed by atoms with E-state index >= 15 is 0 Å². The van der Waals surface area contributed by atoms with Crippen molar-refractivity contribution in [3.05, 3.63) is 42.6 Å². The number of hydrogen-bond donors (Lipinski definition) is 2. The minimum Gasteiger partial charge on any atom is -0.280 e. The number of nitrogens with one attached hydrogen (secondary N) is 2. The van der Waals surface area contributed by atoms with E-state index in [1.54, 1.807) is 30.5 Å². The van der Waals surface area contributed by atoms with Gasteiger partial charge in [0, 0.05) is 12.7 Å². The van der Waals surface area contributed by atoms with Crippen LogP contribution in [-0.4, -0.2) is 32.2 Å². The molecular weight excluding hydrogens is 268 g/mol. The zero-order chi connectivity index (χ0) is 13.7. The predicted octanol–water partition coefficient (Wildman–Crippen LogP) is 0.447. The Bertz CT molecular complexity index is 610. The number of sulfonamides is 1. The average molecular weight is 280 g/mol. The van der Waals surface area contributed by atoms with Crippen molar-refractivity contribution in [2.45, 2.75) is 4.90 Å². The molecule has 8 heteroatoms. The molecule has 1 heterocycles. The smallest absolute Gasteiger partial charge is 0.280 e. The molecule has 2 amide bonds. The van der Waals surface area contributed by atoms with E-state index in [1.807, 2.05) is 4.83 Å². The Morgan fingerprint density at radius 1 is 1.26 bits per heavy atom. The normalized spacial score (nSPS) is 14.4. The lowest BCUT2D eigenvalue weighted by atomic mass is 10.4. The molecule has 1 aromatic carbocycles. The van der Waals surface area contributed by atoms with E-state index in [1.165, 1.54) is 23.4 Å². The fraction of sp³-hybridized carbons (Fsp3) is 0.0909. The minimum absolute atomic E-state index is 0.0718. The quantitative estimate of drug-likeness (QED) is 0.787. The maximum atomic E-state index is 11.8. The Balaban J connectivity index is 1.97. The number of hydrogen-bond acceptors (Lipinski definition) is 4. The van der Waals surface area contributed by atoms with Gasteiger partial charge in [-0.2, -0.15) is 0 Å². The number of carbonyl (C=O) groups is 1. The first-order valence-corrected chi connectivity index (χ1v) is 6.90. The van der Waals surface area contributed by atoms with Gasteiger partial charge in [0.05, 0.1) is 11.2 Å². The van der Waals surface area contributed by atoms with E-state index in [-0.39, 0.29) is 4.90 Å². The summed E-state index contributed by atoms with van der Waals surface area (Å²) in [6.07, 6.45) is 4.54. The Labute approximate surface area is 110 Å². The summed E-state index contributed by atoms with van der Waals surface area (Å²) in [4.78, 5) is 18.7. The molecule has 100 valence electrons. The number of amides is 2. The second kappa shape index (κ2) is 5.63. The van der Waals surface area contributed by atoms with Gasteiger partial charge in [0.25, 0.3) is 10.0 Å². The first-order valence-electron chi connectivity index (χ1n) is 5.41. The van der Waals surface area contributed by atoms with Crippen LogP contribution in [0.15, 0.2) is 52.5 Å². The van der Waals surface area contributed by atoms with Crippen molar-refractivity contribution >= 4 is 22.4 Å². The third-order valence-electron chi connectivity index (χ3n) is 2.31. The first-order chi connectivity index (χ1) is 9.09. The number of hydrazine groups is 1. The summed E-state index contributed by atoms with van der Waals surface area (Å²) in [5.74, 6) is 0. The third-order valence-corrected chi connectivity index (χ3v) is 3.57. The van der Waals surface area contributed by atoms with Crippen LogP contribution in [0.1, 0.15) is 0 Å². The topological polar surface area (TPSA) is 90.9 Å². The average Bonchev–Trinajstić information content (AvgIpc) is 2.47. The highest BCUT2D eigenvalue weighted by Gasteiger charge is 2.17. The lowest BCUT2D eigenvalue weighted by molar-refractivity contribution is 0.222. The molecule has 0 atom stereocenters. The Kier molecular flexibility index (Phi) is 3.93. The minimum atomic E-state index is -3.77. The number of rotatable bonds is 3. The van der Waals surface area contributed by atoms with Crippen molar-refractivity contribution in [3.8, 4) is 0 Å². The SMILES string of the molecule is O=C(NNS(=O)(=O)c1ccccc1)N1C=NC=CC1. The molecule has 1 aromatic rings. The molecule has 0 saturated heterocycles. The lowest BCUT2D eigenvalue weighted by Crippen LogP contribution is -2.48. The summed E-state index contributed by atoms with van der Waals surface area (Å²) >= 11 is 0. The summed E-state index contributed by atoms with van der Waals surface area (Å²) in [6.45, 7) is 0.336. The Morgan fingerprint density at radius 3 is 2.63 bits per heavy atom. The second-order valence-electron chi connectivity index (χ2n) is 3.65. The highest BCUT2D eigenvalue weighted by atomic mass is 32.2. The maximum absolute atomic E-state index is 11.8. The van der Waals surface area contributed by atoms with Gasteiger partial charge < -0.3 is 0 Å². The molecule has 0 bridgehead atoms. The number of benzene rings is 1. The van der Waals surface area contributed by atoms with E-state index in [9.17, 15) is 13.2 Å². The fourth-order valence-electron chi connectivity index (χ4n) is 1.36. The molecule has 0 aromatic heterocycles. The van der Waals surface area contributed by atoms with Crippen LogP contribution in [0.3, 0.4) is 0 Å². The number of carbonyl (C=O) groups excluding carboxylic acids is 1. The molecule has 2 rings (SSSR count). The molecular formula is C11H12N4O3S. The molecule has 7 nitrogen and oxygen atoms in total. The molecule has 19 heavy (non-hydrogen) atoms. The Hall–Kier alpha value is -2.19. The predicted molar refractivity (Wildman–Crippen MR) is 69.6 cm³/mol. The molecule has 1 aliphatic rings. The summed E-state index contributed by atoms with van der Waals surface area (Å²) in [5.41, 5.74) is 2.12. The van der Waals surface area contributed by atoms with Crippen molar-refractivity contribution in [2.75, 3.05) is 6.54 Å². The van der Waals surface area contributed by atoms with Gasteiger partial charge in [-0.25, -0.2) is 18.2 Å².